The first kappa shape index (κ1) is 16.0. The van der Waals surface area contributed by atoms with Crippen LogP contribution in [0.2, 0.25) is 5.02 Å². The maximum atomic E-state index is 10.0. The number of nitrogen functional groups attached to an aromatic ring is 1. The molecule has 124 valence electrons. The SMILES string of the molecule is COc1cc2nccc(Oc3c(O)ccc(N)c3Cl)c2cc1OC. The molecule has 0 atom stereocenters. The zero-order chi connectivity index (χ0) is 17.3. The molecule has 2 aromatic carbocycles. The average Bonchev–Trinajstić information content (AvgIpc) is 2.60. The van der Waals surface area contributed by atoms with Crippen LogP contribution in [0.4, 0.5) is 5.69 Å². The first-order valence-corrected chi connectivity index (χ1v) is 7.38. The van der Waals surface area contributed by atoms with Crippen LogP contribution in [0.25, 0.3) is 10.9 Å². The van der Waals surface area contributed by atoms with Crippen LogP contribution in [0.5, 0.6) is 28.7 Å². The summed E-state index contributed by atoms with van der Waals surface area (Å²) >= 11 is 6.14. The van der Waals surface area contributed by atoms with E-state index in [0.717, 1.165) is 0 Å². The Morgan fingerprint density at radius 1 is 1.04 bits per heavy atom. The standard InChI is InChI=1S/C17H15ClN2O4/c1-22-14-7-9-11(8-15(14)23-2)20-6-5-13(9)24-17-12(21)4-3-10(19)16(17)18/h3-8,21H,19H2,1-2H3. The fourth-order valence-corrected chi connectivity index (χ4v) is 2.50. The molecule has 0 aliphatic heterocycles. The van der Waals surface area contributed by atoms with Crippen LogP contribution < -0.4 is 19.9 Å². The Hall–Kier alpha value is -2.86. The molecule has 0 saturated carbocycles. The van der Waals surface area contributed by atoms with E-state index >= 15 is 0 Å². The van der Waals surface area contributed by atoms with Gasteiger partial charge in [0.05, 0.1) is 25.4 Å². The number of methoxy groups -OCH3 is 2. The van der Waals surface area contributed by atoms with Crippen molar-refractivity contribution >= 4 is 28.2 Å². The number of phenols is 1. The van der Waals surface area contributed by atoms with Crippen LogP contribution in [0, 0.1) is 0 Å². The van der Waals surface area contributed by atoms with Crippen molar-refractivity contribution in [1.29, 1.82) is 0 Å². The lowest BCUT2D eigenvalue weighted by atomic mass is 10.1. The number of fused-ring (bicyclic) bond motifs is 1. The predicted octanol–water partition coefficient (Wildman–Crippen LogP) is 3.99. The Morgan fingerprint density at radius 3 is 2.46 bits per heavy atom. The minimum absolute atomic E-state index is 0.0824. The highest BCUT2D eigenvalue weighted by Gasteiger charge is 2.16. The summed E-state index contributed by atoms with van der Waals surface area (Å²) in [4.78, 5) is 4.29. The Labute approximate surface area is 143 Å². The van der Waals surface area contributed by atoms with Crippen molar-refractivity contribution < 1.29 is 19.3 Å². The monoisotopic (exact) mass is 346 g/mol. The molecule has 7 heteroatoms. The van der Waals surface area contributed by atoms with E-state index in [1.807, 2.05) is 0 Å². The lowest BCUT2D eigenvalue weighted by molar-refractivity contribution is 0.355. The van der Waals surface area contributed by atoms with Crippen molar-refractivity contribution in [2.45, 2.75) is 0 Å². The molecule has 0 spiro atoms. The van der Waals surface area contributed by atoms with Crippen LogP contribution in [0.1, 0.15) is 0 Å². The van der Waals surface area contributed by atoms with E-state index < -0.39 is 0 Å². The number of aromatic nitrogens is 1. The Balaban J connectivity index is 2.16. The van der Waals surface area contributed by atoms with Crippen molar-refractivity contribution in [3.63, 3.8) is 0 Å². The van der Waals surface area contributed by atoms with Crippen LogP contribution in [-0.2, 0) is 0 Å². The number of rotatable bonds is 4. The molecule has 0 saturated heterocycles. The normalized spacial score (nSPS) is 10.6. The Kier molecular flexibility index (Phi) is 4.22. The molecule has 0 aliphatic carbocycles. The maximum absolute atomic E-state index is 10.0. The lowest BCUT2D eigenvalue weighted by Gasteiger charge is -2.14. The highest BCUT2D eigenvalue weighted by atomic mass is 35.5. The fourth-order valence-electron chi connectivity index (χ4n) is 2.30. The quantitative estimate of drug-likeness (QED) is 0.548. The zero-order valence-electron chi connectivity index (χ0n) is 13.0. The van der Waals surface area contributed by atoms with Crippen molar-refractivity contribution in [2.24, 2.45) is 0 Å². The Bertz CT molecular complexity index is 915. The van der Waals surface area contributed by atoms with Crippen LogP contribution in [0.3, 0.4) is 0 Å². The highest BCUT2D eigenvalue weighted by molar-refractivity contribution is 6.34. The molecule has 0 fully saturated rings. The molecule has 1 heterocycles. The van der Waals surface area contributed by atoms with Gasteiger partial charge in [-0.3, -0.25) is 4.98 Å². The summed E-state index contributed by atoms with van der Waals surface area (Å²) in [5, 5.41) is 10.8. The first-order valence-electron chi connectivity index (χ1n) is 7.00. The summed E-state index contributed by atoms with van der Waals surface area (Å²) in [6, 6.07) is 8.06. The van der Waals surface area contributed by atoms with Gasteiger partial charge in [-0.05, 0) is 24.3 Å². The number of aromatic hydroxyl groups is 1. The van der Waals surface area contributed by atoms with Gasteiger partial charge < -0.3 is 25.1 Å². The van der Waals surface area contributed by atoms with Gasteiger partial charge in [0.25, 0.3) is 0 Å². The second-order valence-corrected chi connectivity index (χ2v) is 5.33. The minimum Gasteiger partial charge on any atom is -0.504 e. The van der Waals surface area contributed by atoms with E-state index in [-0.39, 0.29) is 16.5 Å². The minimum atomic E-state index is -0.111. The van der Waals surface area contributed by atoms with Gasteiger partial charge in [-0.1, -0.05) is 11.6 Å². The van der Waals surface area contributed by atoms with E-state index in [0.29, 0.717) is 33.8 Å². The molecule has 3 N–H and O–H groups in total. The molecule has 0 amide bonds. The summed E-state index contributed by atoms with van der Waals surface area (Å²) in [5.41, 5.74) is 6.72. The van der Waals surface area contributed by atoms with E-state index in [1.165, 1.54) is 12.1 Å². The van der Waals surface area contributed by atoms with Crippen molar-refractivity contribution in [3.05, 3.63) is 41.6 Å². The van der Waals surface area contributed by atoms with Gasteiger partial charge >= 0.3 is 0 Å². The zero-order valence-corrected chi connectivity index (χ0v) is 13.8. The molecule has 1 aromatic heterocycles. The number of hydrogen-bond acceptors (Lipinski definition) is 6. The number of nitrogens with zero attached hydrogens (tertiary/aromatic N) is 1. The van der Waals surface area contributed by atoms with Crippen LogP contribution in [-0.4, -0.2) is 24.3 Å². The third kappa shape index (κ3) is 2.72. The van der Waals surface area contributed by atoms with Crippen molar-refractivity contribution in [2.75, 3.05) is 20.0 Å². The molecule has 0 bridgehead atoms. The molecular formula is C17H15ClN2O4. The molecule has 0 unspecified atom stereocenters. The second-order valence-electron chi connectivity index (χ2n) is 4.95. The number of hydrogen-bond donors (Lipinski definition) is 2. The summed E-state index contributed by atoms with van der Waals surface area (Å²) in [7, 11) is 3.09. The summed E-state index contributed by atoms with van der Waals surface area (Å²) in [6.45, 7) is 0. The van der Waals surface area contributed by atoms with Gasteiger partial charge in [0.15, 0.2) is 23.0 Å². The molecule has 3 aromatic rings. The summed E-state index contributed by atoms with van der Waals surface area (Å²) < 4.78 is 16.4. The van der Waals surface area contributed by atoms with E-state index in [4.69, 9.17) is 31.5 Å². The first-order chi connectivity index (χ1) is 11.5. The van der Waals surface area contributed by atoms with Gasteiger partial charge in [-0.2, -0.15) is 0 Å². The number of halogens is 1. The van der Waals surface area contributed by atoms with E-state index in [2.05, 4.69) is 4.98 Å². The van der Waals surface area contributed by atoms with E-state index in [9.17, 15) is 5.11 Å². The predicted molar refractivity (Wildman–Crippen MR) is 92.5 cm³/mol. The van der Waals surface area contributed by atoms with Gasteiger partial charge in [0.1, 0.15) is 10.8 Å². The highest BCUT2D eigenvalue weighted by Crippen LogP contribution is 2.43. The van der Waals surface area contributed by atoms with Crippen LogP contribution in [0.15, 0.2) is 36.5 Å². The van der Waals surface area contributed by atoms with Gasteiger partial charge in [0, 0.05) is 17.6 Å². The smallest absolute Gasteiger partial charge is 0.189 e. The lowest BCUT2D eigenvalue weighted by Crippen LogP contribution is -1.95. The molecule has 6 nitrogen and oxygen atoms in total. The third-order valence-corrected chi connectivity index (χ3v) is 3.91. The number of nitrogens with two attached hydrogens (primary N) is 1. The van der Waals surface area contributed by atoms with Gasteiger partial charge in [0.2, 0.25) is 0 Å². The Morgan fingerprint density at radius 2 is 1.75 bits per heavy atom. The van der Waals surface area contributed by atoms with Crippen LogP contribution >= 0.6 is 11.6 Å². The fraction of sp³-hybridized carbons (Fsp3) is 0.118. The molecule has 24 heavy (non-hydrogen) atoms. The van der Waals surface area contributed by atoms with E-state index in [1.54, 1.807) is 38.6 Å². The average molecular weight is 347 g/mol. The number of anilines is 1. The number of pyridine rings is 1. The third-order valence-electron chi connectivity index (χ3n) is 3.53. The molecule has 0 radical (unpaired) electrons. The number of ether oxygens (including phenoxy) is 3. The largest absolute Gasteiger partial charge is 0.504 e. The summed E-state index contributed by atoms with van der Waals surface area (Å²) in [6.07, 6.45) is 1.58. The summed E-state index contributed by atoms with van der Waals surface area (Å²) in [5.74, 6) is 1.51. The molecule has 0 aliphatic rings. The van der Waals surface area contributed by atoms with Crippen molar-refractivity contribution in [1.82, 2.24) is 4.98 Å². The second kappa shape index (κ2) is 6.33. The maximum Gasteiger partial charge on any atom is 0.189 e. The topological polar surface area (TPSA) is 86.8 Å². The van der Waals surface area contributed by atoms with Gasteiger partial charge in [-0.25, -0.2) is 0 Å². The number of benzene rings is 2. The van der Waals surface area contributed by atoms with Crippen molar-refractivity contribution in [3.8, 4) is 28.7 Å². The molecule has 3 rings (SSSR count). The van der Waals surface area contributed by atoms with Gasteiger partial charge in [-0.15, -0.1) is 0 Å². The molecular weight excluding hydrogens is 332 g/mol. The number of phenolic OH excluding ortho intramolecular Hbond substituents is 1.